The largest absolute Gasteiger partial charge is 0.480 e. The van der Waals surface area contributed by atoms with Crippen molar-refractivity contribution in [1.82, 2.24) is 10.2 Å². The number of carboxylic acid groups (broad SMARTS) is 1. The van der Waals surface area contributed by atoms with E-state index in [2.05, 4.69) is 5.32 Å². The lowest BCUT2D eigenvalue weighted by atomic mass is 10.1. The van der Waals surface area contributed by atoms with Gasteiger partial charge in [-0.2, -0.15) is 0 Å². The van der Waals surface area contributed by atoms with Crippen molar-refractivity contribution in [3.05, 3.63) is 22.7 Å². The standard InChI is InChI=1S/C15H19ClN4O6S/c1-7(14(22)20-4-2-3-10(20)15(23)24)19-13(21)8-5-9(17)12(16)11(6-8)27(18,25)26/h5-7,10H,2-4,17H2,1H3,(H,19,21)(H,23,24)(H2,18,25,26)/t7-,10-/m0/s1. The molecule has 1 fully saturated rings. The Hall–Kier alpha value is -2.37. The molecule has 2 rings (SSSR count). The lowest BCUT2D eigenvalue weighted by molar-refractivity contribution is -0.148. The SMILES string of the molecule is C[C@H](NC(=O)c1cc(N)c(Cl)c(S(N)(=O)=O)c1)C(=O)N1CCC[C@H]1C(=O)O. The maximum atomic E-state index is 12.5. The number of halogens is 1. The molecule has 1 saturated heterocycles. The van der Waals surface area contributed by atoms with Gasteiger partial charge in [0.05, 0.1) is 10.7 Å². The Morgan fingerprint density at radius 1 is 1.37 bits per heavy atom. The van der Waals surface area contributed by atoms with E-state index in [1.165, 1.54) is 11.8 Å². The van der Waals surface area contributed by atoms with Gasteiger partial charge in [-0.05, 0) is 31.9 Å². The van der Waals surface area contributed by atoms with Crippen LogP contribution in [0.3, 0.4) is 0 Å². The van der Waals surface area contributed by atoms with Gasteiger partial charge in [-0.25, -0.2) is 18.4 Å². The van der Waals surface area contributed by atoms with Crippen molar-refractivity contribution in [2.45, 2.75) is 36.7 Å². The number of nitrogen functional groups attached to an aromatic ring is 1. The lowest BCUT2D eigenvalue weighted by Crippen LogP contribution is -2.50. The monoisotopic (exact) mass is 418 g/mol. The number of nitrogens with two attached hydrogens (primary N) is 2. The second-order valence-electron chi connectivity index (χ2n) is 6.15. The number of aliphatic carboxylic acids is 1. The van der Waals surface area contributed by atoms with Gasteiger partial charge in [0.2, 0.25) is 15.9 Å². The topological polar surface area (TPSA) is 173 Å². The number of anilines is 1. The van der Waals surface area contributed by atoms with E-state index in [0.29, 0.717) is 12.8 Å². The van der Waals surface area contributed by atoms with Gasteiger partial charge in [-0.15, -0.1) is 0 Å². The minimum Gasteiger partial charge on any atom is -0.480 e. The maximum absolute atomic E-state index is 12.5. The number of primary sulfonamides is 1. The summed E-state index contributed by atoms with van der Waals surface area (Å²) in [7, 11) is -4.22. The third-order valence-corrected chi connectivity index (χ3v) is 5.64. The van der Waals surface area contributed by atoms with Gasteiger partial charge in [-0.3, -0.25) is 9.59 Å². The molecule has 2 atom stereocenters. The zero-order valence-electron chi connectivity index (χ0n) is 14.3. The van der Waals surface area contributed by atoms with Crippen molar-refractivity contribution in [2.75, 3.05) is 12.3 Å². The van der Waals surface area contributed by atoms with E-state index in [9.17, 15) is 22.8 Å². The first kappa shape index (κ1) is 20.9. The second kappa shape index (κ2) is 7.71. The molecule has 10 nitrogen and oxygen atoms in total. The molecule has 1 aromatic rings. The third-order valence-electron chi connectivity index (χ3n) is 4.18. The molecule has 1 aromatic carbocycles. The molecule has 12 heteroatoms. The quantitative estimate of drug-likeness (QED) is 0.477. The zero-order valence-corrected chi connectivity index (χ0v) is 15.9. The van der Waals surface area contributed by atoms with Gasteiger partial charge >= 0.3 is 5.97 Å². The van der Waals surface area contributed by atoms with Crippen LogP contribution in [0.4, 0.5) is 5.69 Å². The number of nitrogens with one attached hydrogen (secondary N) is 1. The van der Waals surface area contributed by atoms with Crippen LogP contribution in [0.15, 0.2) is 17.0 Å². The Balaban J connectivity index is 2.21. The summed E-state index contributed by atoms with van der Waals surface area (Å²) in [5, 5.41) is 16.3. The fourth-order valence-electron chi connectivity index (χ4n) is 2.84. The number of nitrogens with zero attached hydrogens (tertiary/aromatic N) is 1. The average Bonchev–Trinajstić information content (AvgIpc) is 3.04. The smallest absolute Gasteiger partial charge is 0.326 e. The predicted molar refractivity (Wildman–Crippen MR) is 96.5 cm³/mol. The molecule has 0 aromatic heterocycles. The average molecular weight is 419 g/mol. The number of likely N-dealkylation sites (tertiary alicyclic amines) is 1. The van der Waals surface area contributed by atoms with E-state index in [-0.39, 0.29) is 22.8 Å². The van der Waals surface area contributed by atoms with Gasteiger partial charge in [0.15, 0.2) is 0 Å². The summed E-state index contributed by atoms with van der Waals surface area (Å²) in [6.45, 7) is 1.68. The Kier molecular flexibility index (Phi) is 5.97. The molecule has 0 spiro atoms. The Morgan fingerprint density at radius 2 is 2.00 bits per heavy atom. The van der Waals surface area contributed by atoms with Crippen LogP contribution in [-0.4, -0.2) is 54.8 Å². The summed E-state index contributed by atoms with van der Waals surface area (Å²) in [6.07, 6.45) is 0.891. The number of hydrogen-bond donors (Lipinski definition) is 4. The molecule has 2 amide bonds. The first-order chi connectivity index (χ1) is 12.4. The van der Waals surface area contributed by atoms with Crippen LogP contribution in [-0.2, 0) is 19.6 Å². The number of amides is 2. The van der Waals surface area contributed by atoms with Crippen molar-refractivity contribution in [2.24, 2.45) is 5.14 Å². The summed E-state index contributed by atoms with van der Waals surface area (Å²) in [5.41, 5.74) is 5.30. The highest BCUT2D eigenvalue weighted by Gasteiger charge is 2.36. The minimum atomic E-state index is -4.22. The number of carbonyl (C=O) groups excluding carboxylic acids is 2. The number of rotatable bonds is 5. The molecule has 0 radical (unpaired) electrons. The van der Waals surface area contributed by atoms with Gasteiger partial charge < -0.3 is 21.1 Å². The van der Waals surface area contributed by atoms with Gasteiger partial charge in [0.25, 0.3) is 5.91 Å². The van der Waals surface area contributed by atoms with E-state index in [0.717, 1.165) is 12.1 Å². The summed E-state index contributed by atoms with van der Waals surface area (Å²) in [5.74, 6) is -2.44. The number of benzene rings is 1. The number of carboxylic acids is 1. The first-order valence-corrected chi connectivity index (χ1v) is 9.82. The zero-order chi connectivity index (χ0) is 20.5. The normalized spacial score (nSPS) is 18.2. The van der Waals surface area contributed by atoms with Gasteiger partial charge in [0.1, 0.15) is 17.0 Å². The van der Waals surface area contributed by atoms with Crippen LogP contribution in [0.1, 0.15) is 30.1 Å². The van der Waals surface area contributed by atoms with Crippen LogP contribution < -0.4 is 16.2 Å². The summed E-state index contributed by atoms with van der Waals surface area (Å²) in [4.78, 5) is 36.7. The predicted octanol–water partition coefficient (Wildman–Crippen LogP) is -0.236. The van der Waals surface area contributed by atoms with Gasteiger partial charge in [0, 0.05) is 12.1 Å². The van der Waals surface area contributed by atoms with E-state index >= 15 is 0 Å². The number of hydrogen-bond acceptors (Lipinski definition) is 6. The van der Waals surface area contributed by atoms with Crippen LogP contribution in [0.2, 0.25) is 5.02 Å². The second-order valence-corrected chi connectivity index (χ2v) is 8.05. The highest BCUT2D eigenvalue weighted by molar-refractivity contribution is 7.89. The minimum absolute atomic E-state index is 0.156. The highest BCUT2D eigenvalue weighted by atomic mass is 35.5. The molecule has 0 aliphatic carbocycles. The van der Waals surface area contributed by atoms with Crippen LogP contribution in [0.5, 0.6) is 0 Å². The van der Waals surface area contributed by atoms with E-state index in [1.54, 1.807) is 0 Å². The molecule has 6 N–H and O–H groups in total. The molecule has 1 heterocycles. The number of carbonyl (C=O) groups is 3. The lowest BCUT2D eigenvalue weighted by Gasteiger charge is -2.25. The molecule has 0 bridgehead atoms. The third kappa shape index (κ3) is 4.49. The highest BCUT2D eigenvalue weighted by Crippen LogP contribution is 2.28. The van der Waals surface area contributed by atoms with Crippen molar-refractivity contribution in [3.8, 4) is 0 Å². The van der Waals surface area contributed by atoms with Crippen molar-refractivity contribution < 1.29 is 27.9 Å². The van der Waals surface area contributed by atoms with Crippen LogP contribution in [0, 0.1) is 0 Å². The molecule has 27 heavy (non-hydrogen) atoms. The molecule has 1 aliphatic heterocycles. The van der Waals surface area contributed by atoms with Crippen LogP contribution >= 0.6 is 11.6 Å². The van der Waals surface area contributed by atoms with Gasteiger partial charge in [-0.1, -0.05) is 11.6 Å². The van der Waals surface area contributed by atoms with Crippen LogP contribution in [0.25, 0.3) is 0 Å². The Labute approximate surface area is 160 Å². The fraction of sp³-hybridized carbons (Fsp3) is 0.400. The van der Waals surface area contributed by atoms with E-state index < -0.39 is 44.8 Å². The Morgan fingerprint density at radius 3 is 2.56 bits per heavy atom. The Bertz CT molecular complexity index is 904. The summed E-state index contributed by atoms with van der Waals surface area (Å²) in [6, 6.07) is 0.139. The molecule has 148 valence electrons. The van der Waals surface area contributed by atoms with E-state index in [4.69, 9.17) is 27.6 Å². The number of sulfonamides is 1. The van der Waals surface area contributed by atoms with E-state index in [1.807, 2.05) is 0 Å². The molecular formula is C15H19ClN4O6S. The molecule has 0 saturated carbocycles. The summed E-state index contributed by atoms with van der Waals surface area (Å²) >= 11 is 5.81. The fourth-order valence-corrected chi connectivity index (χ4v) is 3.93. The molecule has 0 unspecified atom stereocenters. The van der Waals surface area contributed by atoms with Crippen molar-refractivity contribution in [3.63, 3.8) is 0 Å². The summed E-state index contributed by atoms with van der Waals surface area (Å²) < 4.78 is 23.1. The molecular weight excluding hydrogens is 400 g/mol. The first-order valence-electron chi connectivity index (χ1n) is 7.89. The maximum Gasteiger partial charge on any atom is 0.326 e. The van der Waals surface area contributed by atoms with Crippen molar-refractivity contribution >= 4 is 45.1 Å². The molecule has 1 aliphatic rings. The van der Waals surface area contributed by atoms with Crippen molar-refractivity contribution in [1.29, 1.82) is 0 Å².